The lowest BCUT2D eigenvalue weighted by atomic mass is 10.2. The Morgan fingerprint density at radius 1 is 1.26 bits per heavy atom. The topological polar surface area (TPSA) is 46.2 Å². The lowest BCUT2D eigenvalue weighted by Gasteiger charge is -2.15. The van der Waals surface area contributed by atoms with Gasteiger partial charge < -0.3 is 5.32 Å². The molecule has 0 atom stereocenters. The van der Waals surface area contributed by atoms with E-state index in [1.54, 1.807) is 12.1 Å². The zero-order chi connectivity index (χ0) is 13.2. The summed E-state index contributed by atoms with van der Waals surface area (Å²) in [5.74, 6) is 0.636. The van der Waals surface area contributed by atoms with Crippen LogP contribution in [0.25, 0.3) is 0 Å². The molecule has 0 amide bonds. The second-order valence-electron chi connectivity index (χ2n) is 4.84. The lowest BCUT2D eigenvalue weighted by molar-refractivity contribution is 0.567. The number of nitrogens with one attached hydrogen (secondary N) is 1. The third-order valence-corrected chi connectivity index (χ3v) is 6.90. The summed E-state index contributed by atoms with van der Waals surface area (Å²) in [6.07, 6.45) is 2.16. The van der Waals surface area contributed by atoms with Gasteiger partial charge in [-0.3, -0.25) is 0 Å². The highest BCUT2D eigenvalue weighted by atomic mass is 35.5. The van der Waals surface area contributed by atoms with E-state index in [1.165, 1.54) is 0 Å². The van der Waals surface area contributed by atoms with Crippen molar-refractivity contribution in [2.75, 3.05) is 12.3 Å². The first-order chi connectivity index (χ1) is 8.47. The summed E-state index contributed by atoms with van der Waals surface area (Å²) < 4.78 is 24.3. The van der Waals surface area contributed by atoms with Crippen LogP contribution in [0.5, 0.6) is 0 Å². The molecule has 0 unspecified atom stereocenters. The molecule has 0 aliphatic heterocycles. The van der Waals surface area contributed by atoms with Crippen molar-refractivity contribution in [1.29, 1.82) is 0 Å². The van der Waals surface area contributed by atoms with Crippen LogP contribution in [-0.2, 0) is 8.87 Å². The van der Waals surface area contributed by atoms with Gasteiger partial charge in [-0.15, -0.1) is 12.4 Å². The van der Waals surface area contributed by atoms with Crippen LogP contribution < -0.4 is 5.32 Å². The molecular weight excluding hydrogens is 302 g/mol. The van der Waals surface area contributed by atoms with Gasteiger partial charge in [-0.05, 0) is 49.2 Å². The summed E-state index contributed by atoms with van der Waals surface area (Å²) in [6.45, 7) is 4.90. The molecule has 0 bridgehead atoms. The van der Waals surface area contributed by atoms with Gasteiger partial charge in [0.05, 0.1) is 4.90 Å². The lowest BCUT2D eigenvalue weighted by Crippen LogP contribution is -2.33. The number of rotatable bonds is 6. The maximum absolute atomic E-state index is 12.2. The van der Waals surface area contributed by atoms with Gasteiger partial charge in [-0.25, -0.2) is 8.42 Å². The second-order valence-corrected chi connectivity index (χ2v) is 8.77. The Labute approximate surface area is 125 Å². The number of aryl methyl sites for hydroxylation is 1. The van der Waals surface area contributed by atoms with Crippen LogP contribution in [0.15, 0.2) is 29.2 Å². The summed E-state index contributed by atoms with van der Waals surface area (Å²) in [4.78, 5) is 0.408. The van der Waals surface area contributed by atoms with Gasteiger partial charge in [0.15, 0.2) is 0 Å². The molecule has 1 saturated carbocycles. The molecule has 1 aromatic rings. The van der Waals surface area contributed by atoms with E-state index in [4.69, 9.17) is 0 Å². The third-order valence-electron chi connectivity index (χ3n) is 3.21. The fraction of sp³-hybridized carbons (Fsp3) is 0.538. The molecular formula is C13H20ClNO2S2. The summed E-state index contributed by atoms with van der Waals surface area (Å²) in [5.41, 5.74) is 1.14. The monoisotopic (exact) mass is 321 g/mol. The van der Waals surface area contributed by atoms with Crippen LogP contribution in [0.2, 0.25) is 0 Å². The Balaban J connectivity index is 0.00000180. The zero-order valence-electron chi connectivity index (χ0n) is 11.2. The van der Waals surface area contributed by atoms with Gasteiger partial charge >= 0.3 is 0 Å². The van der Waals surface area contributed by atoms with Crippen molar-refractivity contribution in [1.82, 2.24) is 5.32 Å². The van der Waals surface area contributed by atoms with Gasteiger partial charge in [0, 0.05) is 11.3 Å². The van der Waals surface area contributed by atoms with Crippen molar-refractivity contribution >= 4 is 32.1 Å². The highest BCUT2D eigenvalue weighted by Crippen LogP contribution is 2.40. The van der Waals surface area contributed by atoms with E-state index < -0.39 is 8.87 Å². The molecule has 2 rings (SSSR count). The SMILES string of the molecule is CCNC1(CSS(=O)(=O)c2ccc(C)cc2)CC1.Cl. The predicted molar refractivity (Wildman–Crippen MR) is 83.7 cm³/mol. The maximum atomic E-state index is 12.2. The van der Waals surface area contributed by atoms with Gasteiger partial charge in [-0.1, -0.05) is 24.6 Å². The van der Waals surface area contributed by atoms with Crippen LogP contribution in [0.4, 0.5) is 0 Å². The average molecular weight is 322 g/mol. The summed E-state index contributed by atoms with van der Waals surface area (Å²) in [6, 6.07) is 7.05. The number of hydrogen-bond acceptors (Lipinski definition) is 4. The van der Waals surface area contributed by atoms with Gasteiger partial charge in [-0.2, -0.15) is 0 Å². The zero-order valence-corrected chi connectivity index (χ0v) is 13.6. The van der Waals surface area contributed by atoms with E-state index >= 15 is 0 Å². The fourth-order valence-corrected chi connectivity index (χ4v) is 5.12. The highest BCUT2D eigenvalue weighted by molar-refractivity contribution is 8.72. The Morgan fingerprint density at radius 2 is 1.84 bits per heavy atom. The molecule has 1 N–H and O–H groups in total. The number of halogens is 1. The standard InChI is InChI=1S/C13H19NO2S2.ClH/c1-3-14-13(8-9-13)10-17-18(15,16)12-6-4-11(2)5-7-12;/h4-7,14H,3,8-10H2,1-2H3;1H. The highest BCUT2D eigenvalue weighted by Gasteiger charge is 2.42. The quantitative estimate of drug-likeness (QED) is 0.818. The largest absolute Gasteiger partial charge is 0.311 e. The molecule has 1 aromatic carbocycles. The molecule has 1 aliphatic carbocycles. The first-order valence-corrected chi connectivity index (χ1v) is 9.17. The smallest absolute Gasteiger partial charge is 0.230 e. The van der Waals surface area contributed by atoms with E-state index in [9.17, 15) is 8.42 Å². The first kappa shape index (κ1) is 16.8. The Kier molecular flexibility index (Phi) is 5.74. The van der Waals surface area contributed by atoms with Crippen LogP contribution in [0.3, 0.4) is 0 Å². The molecule has 1 fully saturated rings. The van der Waals surface area contributed by atoms with Crippen molar-refractivity contribution in [2.45, 2.75) is 37.1 Å². The van der Waals surface area contributed by atoms with E-state index in [1.807, 2.05) is 19.1 Å². The molecule has 0 spiro atoms. The van der Waals surface area contributed by atoms with Crippen LogP contribution in [0.1, 0.15) is 25.3 Å². The van der Waals surface area contributed by atoms with E-state index in [0.29, 0.717) is 10.6 Å². The van der Waals surface area contributed by atoms with Crippen LogP contribution >= 0.6 is 23.2 Å². The molecule has 0 radical (unpaired) electrons. The van der Waals surface area contributed by atoms with Gasteiger partial charge in [0.25, 0.3) is 0 Å². The summed E-state index contributed by atoms with van der Waals surface area (Å²) in [5, 5.41) is 3.38. The van der Waals surface area contributed by atoms with E-state index in [0.717, 1.165) is 35.7 Å². The predicted octanol–water partition coefficient (Wildman–Crippen LogP) is 2.98. The maximum Gasteiger partial charge on any atom is 0.230 e. The molecule has 19 heavy (non-hydrogen) atoms. The molecule has 1 aliphatic rings. The first-order valence-electron chi connectivity index (χ1n) is 6.19. The minimum absolute atomic E-state index is 0. The second kappa shape index (κ2) is 6.48. The summed E-state index contributed by atoms with van der Waals surface area (Å²) >= 11 is 0. The molecule has 0 heterocycles. The molecule has 0 saturated heterocycles. The van der Waals surface area contributed by atoms with Crippen LogP contribution in [0, 0.1) is 6.92 Å². The minimum atomic E-state index is -3.21. The number of hydrogen-bond donors (Lipinski definition) is 1. The van der Waals surface area contributed by atoms with Gasteiger partial charge in [0.2, 0.25) is 8.87 Å². The number of benzene rings is 1. The minimum Gasteiger partial charge on any atom is -0.311 e. The molecule has 3 nitrogen and oxygen atoms in total. The van der Waals surface area contributed by atoms with Crippen molar-refractivity contribution < 1.29 is 8.42 Å². The Hall–Kier alpha value is -0.230. The van der Waals surface area contributed by atoms with Crippen molar-refractivity contribution in [3.63, 3.8) is 0 Å². The average Bonchev–Trinajstić information content (AvgIpc) is 3.08. The van der Waals surface area contributed by atoms with Crippen LogP contribution in [-0.4, -0.2) is 26.3 Å². The van der Waals surface area contributed by atoms with Crippen molar-refractivity contribution in [3.8, 4) is 0 Å². The normalized spacial score (nSPS) is 16.7. The molecule has 6 heteroatoms. The molecule has 0 aromatic heterocycles. The fourth-order valence-electron chi connectivity index (χ4n) is 1.86. The Bertz CT molecular complexity index is 510. The van der Waals surface area contributed by atoms with Crippen molar-refractivity contribution in [3.05, 3.63) is 29.8 Å². The summed E-state index contributed by atoms with van der Waals surface area (Å²) in [7, 11) is -2.16. The third kappa shape index (κ3) is 4.38. The Morgan fingerprint density at radius 3 is 2.32 bits per heavy atom. The van der Waals surface area contributed by atoms with Gasteiger partial charge in [0.1, 0.15) is 0 Å². The molecule has 108 valence electrons. The van der Waals surface area contributed by atoms with Crippen molar-refractivity contribution in [2.24, 2.45) is 0 Å². The van der Waals surface area contributed by atoms with E-state index in [-0.39, 0.29) is 17.9 Å². The van der Waals surface area contributed by atoms with E-state index in [2.05, 4.69) is 12.2 Å².